The second kappa shape index (κ2) is 7.61. The van der Waals surface area contributed by atoms with Gasteiger partial charge in [-0.15, -0.1) is 0 Å². The molecule has 5 nitrogen and oxygen atoms in total. The van der Waals surface area contributed by atoms with Gasteiger partial charge in [-0.05, 0) is 56.5 Å². The Balaban J connectivity index is 2.20. The third-order valence-electron chi connectivity index (χ3n) is 2.69. The summed E-state index contributed by atoms with van der Waals surface area (Å²) in [5, 5.41) is 6.42. The lowest BCUT2D eigenvalue weighted by atomic mass is 10.3. The summed E-state index contributed by atoms with van der Waals surface area (Å²) in [4.78, 5) is 8.68. The molecular weight excluding hydrogens is 400 g/mol. The van der Waals surface area contributed by atoms with Crippen LogP contribution in [0.4, 0.5) is 17.5 Å². The van der Waals surface area contributed by atoms with Crippen molar-refractivity contribution in [2.24, 2.45) is 0 Å². The van der Waals surface area contributed by atoms with Gasteiger partial charge in [-0.25, -0.2) is 4.98 Å². The van der Waals surface area contributed by atoms with Gasteiger partial charge in [-0.3, -0.25) is 0 Å². The molecular formula is C14H16Br2N4O. The van der Waals surface area contributed by atoms with E-state index in [1.807, 2.05) is 18.2 Å². The summed E-state index contributed by atoms with van der Waals surface area (Å²) in [6, 6.07) is 5.75. The molecule has 1 heterocycles. The van der Waals surface area contributed by atoms with Crippen molar-refractivity contribution in [3.63, 3.8) is 0 Å². The maximum atomic E-state index is 5.22. The second-order valence-corrected chi connectivity index (χ2v) is 6.00. The fraction of sp³-hybridized carbons (Fsp3) is 0.286. The predicted octanol–water partition coefficient (Wildman–Crippen LogP) is 4.58. The number of nitrogens with zero attached hydrogens (tertiary/aromatic N) is 2. The molecule has 2 rings (SSSR count). The minimum Gasteiger partial charge on any atom is -0.496 e. The lowest BCUT2D eigenvalue weighted by molar-refractivity contribution is 0.412. The number of methoxy groups -OCH3 is 1. The molecule has 0 atom stereocenters. The molecule has 1 aromatic carbocycles. The van der Waals surface area contributed by atoms with Crippen LogP contribution in [0, 0.1) is 0 Å². The molecule has 0 bridgehead atoms. The maximum Gasteiger partial charge on any atom is 0.224 e. The van der Waals surface area contributed by atoms with E-state index < -0.39 is 0 Å². The van der Waals surface area contributed by atoms with Crippen LogP contribution in [0.5, 0.6) is 5.75 Å². The highest BCUT2D eigenvalue weighted by atomic mass is 79.9. The highest BCUT2D eigenvalue weighted by molar-refractivity contribution is 9.11. The van der Waals surface area contributed by atoms with Gasteiger partial charge in [0.2, 0.25) is 5.95 Å². The Morgan fingerprint density at radius 2 is 2.05 bits per heavy atom. The molecule has 21 heavy (non-hydrogen) atoms. The number of aromatic nitrogens is 2. The standard InChI is InChI=1S/C14H16Br2N4O/c1-3-6-17-14-18-8-11(16)13(20-14)19-9-4-5-12(21-2)10(15)7-9/h4-5,7-8H,3,6H2,1-2H3,(H2,17,18,19,20). The molecule has 2 aromatic rings. The molecule has 112 valence electrons. The minimum atomic E-state index is 0.607. The van der Waals surface area contributed by atoms with Crippen molar-refractivity contribution in [3.05, 3.63) is 33.3 Å². The summed E-state index contributed by atoms with van der Waals surface area (Å²) in [5.74, 6) is 2.10. The van der Waals surface area contributed by atoms with Crippen LogP contribution < -0.4 is 15.4 Å². The predicted molar refractivity (Wildman–Crippen MR) is 92.5 cm³/mol. The number of rotatable bonds is 6. The van der Waals surface area contributed by atoms with Crippen molar-refractivity contribution in [1.29, 1.82) is 0 Å². The summed E-state index contributed by atoms with van der Waals surface area (Å²) in [6.07, 6.45) is 2.75. The van der Waals surface area contributed by atoms with Crippen LogP contribution in [-0.2, 0) is 0 Å². The van der Waals surface area contributed by atoms with Gasteiger partial charge in [0.25, 0.3) is 0 Å². The monoisotopic (exact) mass is 414 g/mol. The SMILES string of the molecule is CCCNc1ncc(Br)c(Nc2ccc(OC)c(Br)c2)n1. The van der Waals surface area contributed by atoms with E-state index in [1.165, 1.54) is 0 Å². The number of hydrogen-bond acceptors (Lipinski definition) is 5. The maximum absolute atomic E-state index is 5.22. The molecule has 0 aliphatic rings. The zero-order valence-corrected chi connectivity index (χ0v) is 15.0. The number of hydrogen-bond donors (Lipinski definition) is 2. The average Bonchev–Trinajstić information content (AvgIpc) is 2.48. The average molecular weight is 416 g/mol. The fourth-order valence-electron chi connectivity index (χ4n) is 1.66. The van der Waals surface area contributed by atoms with Gasteiger partial charge in [0, 0.05) is 18.4 Å². The van der Waals surface area contributed by atoms with Crippen molar-refractivity contribution in [2.45, 2.75) is 13.3 Å². The normalized spacial score (nSPS) is 10.3. The molecule has 0 saturated carbocycles. The summed E-state index contributed by atoms with van der Waals surface area (Å²) < 4.78 is 6.90. The molecule has 0 spiro atoms. The molecule has 0 aliphatic carbocycles. The summed E-state index contributed by atoms with van der Waals surface area (Å²) in [6.45, 7) is 2.94. The Morgan fingerprint density at radius 1 is 1.24 bits per heavy atom. The molecule has 0 aliphatic heterocycles. The van der Waals surface area contributed by atoms with Gasteiger partial charge < -0.3 is 15.4 Å². The lowest BCUT2D eigenvalue weighted by Gasteiger charge is -2.11. The van der Waals surface area contributed by atoms with E-state index >= 15 is 0 Å². The van der Waals surface area contributed by atoms with E-state index in [4.69, 9.17) is 4.74 Å². The molecule has 2 N–H and O–H groups in total. The first-order valence-electron chi connectivity index (χ1n) is 6.51. The lowest BCUT2D eigenvalue weighted by Crippen LogP contribution is -2.06. The van der Waals surface area contributed by atoms with Crippen LogP contribution in [0.25, 0.3) is 0 Å². The van der Waals surface area contributed by atoms with E-state index in [-0.39, 0.29) is 0 Å². The number of nitrogens with one attached hydrogen (secondary N) is 2. The van der Waals surface area contributed by atoms with Crippen molar-refractivity contribution in [3.8, 4) is 5.75 Å². The van der Waals surface area contributed by atoms with Gasteiger partial charge in [-0.1, -0.05) is 6.92 Å². The first kappa shape index (κ1) is 16.0. The topological polar surface area (TPSA) is 59.1 Å². The van der Waals surface area contributed by atoms with Gasteiger partial charge in [0.05, 0.1) is 16.1 Å². The molecule has 0 unspecified atom stereocenters. The molecule has 0 amide bonds. The minimum absolute atomic E-state index is 0.607. The Hall–Kier alpha value is -1.34. The Bertz CT molecular complexity index is 622. The van der Waals surface area contributed by atoms with Crippen LogP contribution in [0.1, 0.15) is 13.3 Å². The number of halogens is 2. The fourth-order valence-corrected chi connectivity index (χ4v) is 2.49. The quantitative estimate of drug-likeness (QED) is 0.723. The molecule has 0 radical (unpaired) electrons. The first-order valence-corrected chi connectivity index (χ1v) is 8.09. The summed E-state index contributed by atoms with van der Waals surface area (Å²) in [7, 11) is 1.64. The van der Waals surface area contributed by atoms with Gasteiger partial charge in [0.1, 0.15) is 11.6 Å². The van der Waals surface area contributed by atoms with Crippen molar-refractivity contribution in [1.82, 2.24) is 9.97 Å². The van der Waals surface area contributed by atoms with Gasteiger partial charge >= 0.3 is 0 Å². The highest BCUT2D eigenvalue weighted by Crippen LogP contribution is 2.30. The molecule has 7 heteroatoms. The molecule has 1 aromatic heterocycles. The van der Waals surface area contributed by atoms with Crippen LogP contribution in [0.3, 0.4) is 0 Å². The number of anilines is 3. The van der Waals surface area contributed by atoms with Crippen molar-refractivity contribution in [2.75, 3.05) is 24.3 Å². The second-order valence-electron chi connectivity index (χ2n) is 4.29. The third-order valence-corrected chi connectivity index (χ3v) is 3.89. The van der Waals surface area contributed by atoms with Gasteiger partial charge in [0.15, 0.2) is 0 Å². The molecule has 0 saturated heterocycles. The number of ether oxygens (including phenoxy) is 1. The highest BCUT2D eigenvalue weighted by Gasteiger charge is 2.07. The number of benzene rings is 1. The first-order chi connectivity index (χ1) is 10.1. The van der Waals surface area contributed by atoms with Crippen LogP contribution in [0.2, 0.25) is 0 Å². The zero-order valence-electron chi connectivity index (χ0n) is 11.8. The van der Waals surface area contributed by atoms with Crippen LogP contribution in [0.15, 0.2) is 33.3 Å². The smallest absolute Gasteiger partial charge is 0.224 e. The van der Waals surface area contributed by atoms with E-state index in [2.05, 4.69) is 59.4 Å². The van der Waals surface area contributed by atoms with E-state index in [0.717, 1.165) is 33.3 Å². The van der Waals surface area contributed by atoms with Crippen LogP contribution in [-0.4, -0.2) is 23.6 Å². The van der Waals surface area contributed by atoms with Gasteiger partial charge in [-0.2, -0.15) is 4.98 Å². The third kappa shape index (κ3) is 4.31. The zero-order chi connectivity index (χ0) is 15.2. The molecule has 0 fully saturated rings. The van der Waals surface area contributed by atoms with Crippen LogP contribution >= 0.6 is 31.9 Å². The Morgan fingerprint density at radius 3 is 2.71 bits per heavy atom. The van der Waals surface area contributed by atoms with E-state index in [1.54, 1.807) is 13.3 Å². The summed E-state index contributed by atoms with van der Waals surface area (Å²) >= 11 is 6.92. The largest absolute Gasteiger partial charge is 0.496 e. The Kier molecular flexibility index (Phi) is 5.81. The Labute approximate surface area is 140 Å². The van der Waals surface area contributed by atoms with Crippen molar-refractivity contribution < 1.29 is 4.74 Å². The summed E-state index contributed by atoms with van der Waals surface area (Å²) in [5.41, 5.74) is 0.906. The van der Waals surface area contributed by atoms with E-state index in [9.17, 15) is 0 Å². The van der Waals surface area contributed by atoms with E-state index in [0.29, 0.717) is 11.8 Å². The van der Waals surface area contributed by atoms with Crippen molar-refractivity contribution >= 4 is 49.3 Å².